The Labute approximate surface area is 199 Å². The molecule has 0 radical (unpaired) electrons. The zero-order valence-electron chi connectivity index (χ0n) is 18.1. The first kappa shape index (κ1) is 23.2. The summed E-state index contributed by atoms with van der Waals surface area (Å²) in [5.74, 6) is -0.00257. The summed E-state index contributed by atoms with van der Waals surface area (Å²) in [5, 5.41) is 13.6. The largest absolute Gasteiger partial charge is 0.467 e. The molecule has 4 aromatic rings. The molecule has 2 aromatic heterocycles. The molecule has 0 atom stereocenters. The molecule has 0 saturated heterocycles. The molecule has 174 valence electrons. The molecular formula is C24H22FN5O3S. The van der Waals surface area contributed by atoms with Crippen molar-refractivity contribution in [2.75, 3.05) is 5.75 Å². The van der Waals surface area contributed by atoms with Crippen LogP contribution in [0.15, 0.2) is 82.6 Å². The molecule has 0 aliphatic rings. The Morgan fingerprint density at radius 3 is 2.56 bits per heavy atom. The summed E-state index contributed by atoms with van der Waals surface area (Å²) in [4.78, 5) is 24.2. The number of aromatic nitrogens is 3. The molecular weight excluding hydrogens is 457 g/mol. The van der Waals surface area contributed by atoms with Crippen molar-refractivity contribution in [2.45, 2.75) is 24.7 Å². The third-order valence-corrected chi connectivity index (χ3v) is 5.85. The quantitative estimate of drug-likeness (QED) is 0.352. The second-order valence-electron chi connectivity index (χ2n) is 7.27. The fourth-order valence-corrected chi connectivity index (χ4v) is 4.01. The Kier molecular flexibility index (Phi) is 7.71. The molecule has 2 aromatic carbocycles. The number of amides is 3. The first-order chi connectivity index (χ1) is 16.6. The van der Waals surface area contributed by atoms with Gasteiger partial charge in [0.15, 0.2) is 11.0 Å². The highest BCUT2D eigenvalue weighted by Gasteiger charge is 2.18. The summed E-state index contributed by atoms with van der Waals surface area (Å²) in [6, 6.07) is 19.0. The van der Waals surface area contributed by atoms with Crippen LogP contribution in [0, 0.1) is 5.82 Å². The lowest BCUT2D eigenvalue weighted by Gasteiger charge is -2.11. The lowest BCUT2D eigenvalue weighted by molar-refractivity contribution is -0.117. The second kappa shape index (κ2) is 11.3. The predicted octanol–water partition coefficient (Wildman–Crippen LogP) is 4.04. The van der Waals surface area contributed by atoms with Crippen LogP contribution in [0.2, 0.25) is 0 Å². The van der Waals surface area contributed by atoms with E-state index < -0.39 is 17.8 Å². The molecule has 0 bridgehead atoms. The number of carbonyl (C=O) groups excluding carboxylic acids is 2. The van der Waals surface area contributed by atoms with Crippen molar-refractivity contribution in [1.29, 1.82) is 0 Å². The first-order valence-electron chi connectivity index (χ1n) is 10.5. The van der Waals surface area contributed by atoms with Crippen LogP contribution in [-0.2, 0) is 24.3 Å². The van der Waals surface area contributed by atoms with Crippen LogP contribution in [0.3, 0.4) is 0 Å². The molecule has 0 saturated carbocycles. The van der Waals surface area contributed by atoms with Crippen LogP contribution in [0.25, 0.3) is 11.4 Å². The summed E-state index contributed by atoms with van der Waals surface area (Å²) in [6.07, 6.45) is 2.18. The van der Waals surface area contributed by atoms with Gasteiger partial charge in [0.25, 0.3) is 0 Å². The van der Waals surface area contributed by atoms with E-state index in [0.29, 0.717) is 35.3 Å². The van der Waals surface area contributed by atoms with E-state index in [9.17, 15) is 14.0 Å². The van der Waals surface area contributed by atoms with Gasteiger partial charge in [-0.25, -0.2) is 9.18 Å². The highest BCUT2D eigenvalue weighted by atomic mass is 32.2. The van der Waals surface area contributed by atoms with Crippen LogP contribution in [0.5, 0.6) is 0 Å². The highest BCUT2D eigenvalue weighted by Crippen LogP contribution is 2.26. The van der Waals surface area contributed by atoms with Crippen molar-refractivity contribution < 1.29 is 18.4 Å². The Hall–Kier alpha value is -3.92. The molecule has 0 unspecified atom stereocenters. The number of hydrogen-bond donors (Lipinski definition) is 2. The number of hydrogen-bond acceptors (Lipinski definition) is 6. The summed E-state index contributed by atoms with van der Waals surface area (Å²) in [5.41, 5.74) is 1.44. The van der Waals surface area contributed by atoms with Gasteiger partial charge in [0.2, 0.25) is 5.91 Å². The van der Waals surface area contributed by atoms with Crippen molar-refractivity contribution in [2.24, 2.45) is 0 Å². The number of aryl methyl sites for hydroxylation is 1. The van der Waals surface area contributed by atoms with Gasteiger partial charge >= 0.3 is 6.03 Å². The minimum Gasteiger partial charge on any atom is -0.467 e. The zero-order valence-corrected chi connectivity index (χ0v) is 18.9. The minimum absolute atomic E-state index is 0.0606. The molecule has 0 aliphatic carbocycles. The molecule has 4 rings (SSSR count). The van der Waals surface area contributed by atoms with Crippen molar-refractivity contribution in [3.05, 3.63) is 90.1 Å². The molecule has 3 amide bonds. The van der Waals surface area contributed by atoms with E-state index in [1.54, 1.807) is 34.9 Å². The minimum atomic E-state index is -0.625. The standard InChI is InChI=1S/C24H22FN5O3S/c25-20-11-5-4-10-19(20)22-28-29-24(30(22)13-12-17-7-2-1-3-8-17)34-16-21(31)27-23(32)26-15-18-9-6-14-33-18/h1-11,14H,12-13,15-16H2,(H2,26,27,31,32). The smallest absolute Gasteiger partial charge is 0.321 e. The van der Waals surface area contributed by atoms with Crippen LogP contribution >= 0.6 is 11.8 Å². The average molecular weight is 480 g/mol. The molecule has 34 heavy (non-hydrogen) atoms. The SMILES string of the molecule is O=C(CSc1nnc(-c2ccccc2F)n1CCc1ccccc1)NC(=O)NCc1ccco1. The number of furan rings is 1. The third-order valence-electron chi connectivity index (χ3n) is 4.89. The van der Waals surface area contributed by atoms with Crippen molar-refractivity contribution in [1.82, 2.24) is 25.4 Å². The van der Waals surface area contributed by atoms with E-state index in [1.807, 2.05) is 30.3 Å². The lowest BCUT2D eigenvalue weighted by Crippen LogP contribution is -2.39. The number of halogens is 1. The van der Waals surface area contributed by atoms with Gasteiger partial charge in [-0.05, 0) is 36.2 Å². The van der Waals surface area contributed by atoms with Crippen molar-refractivity contribution in [3.8, 4) is 11.4 Å². The second-order valence-corrected chi connectivity index (χ2v) is 8.21. The molecule has 10 heteroatoms. The van der Waals surface area contributed by atoms with Crippen molar-refractivity contribution in [3.63, 3.8) is 0 Å². The van der Waals surface area contributed by atoms with E-state index in [4.69, 9.17) is 4.42 Å². The number of benzene rings is 2. The zero-order chi connectivity index (χ0) is 23.8. The third kappa shape index (κ3) is 6.10. The number of urea groups is 1. The Morgan fingerprint density at radius 2 is 1.79 bits per heavy atom. The van der Waals surface area contributed by atoms with Gasteiger partial charge < -0.3 is 14.3 Å². The summed E-state index contributed by atoms with van der Waals surface area (Å²) >= 11 is 1.13. The number of imide groups is 1. The number of nitrogens with zero attached hydrogens (tertiary/aromatic N) is 3. The molecule has 8 nitrogen and oxygen atoms in total. The normalized spacial score (nSPS) is 10.7. The van der Waals surface area contributed by atoms with Crippen molar-refractivity contribution >= 4 is 23.7 Å². The Morgan fingerprint density at radius 1 is 1.00 bits per heavy atom. The molecule has 0 fully saturated rings. The molecule has 2 N–H and O–H groups in total. The Balaban J connectivity index is 1.42. The van der Waals surface area contributed by atoms with E-state index in [1.165, 1.54) is 12.3 Å². The van der Waals surface area contributed by atoms with Gasteiger partial charge in [-0.2, -0.15) is 0 Å². The number of nitrogens with one attached hydrogen (secondary N) is 2. The first-order valence-corrected chi connectivity index (χ1v) is 11.5. The maximum Gasteiger partial charge on any atom is 0.321 e. The van der Waals surface area contributed by atoms with Crippen LogP contribution < -0.4 is 10.6 Å². The number of thioether (sulfide) groups is 1. The van der Waals surface area contributed by atoms with Gasteiger partial charge in [0.05, 0.1) is 24.1 Å². The van der Waals surface area contributed by atoms with Crippen LogP contribution in [0.1, 0.15) is 11.3 Å². The predicted molar refractivity (Wildman–Crippen MR) is 125 cm³/mol. The molecule has 0 spiro atoms. The maximum atomic E-state index is 14.5. The summed E-state index contributed by atoms with van der Waals surface area (Å²) < 4.78 is 21.4. The molecule has 2 heterocycles. The topological polar surface area (TPSA) is 102 Å². The van der Waals surface area contributed by atoms with Crippen LogP contribution in [-0.4, -0.2) is 32.5 Å². The van der Waals surface area contributed by atoms with E-state index in [-0.39, 0.29) is 12.3 Å². The van der Waals surface area contributed by atoms with Crippen LogP contribution in [0.4, 0.5) is 9.18 Å². The van der Waals surface area contributed by atoms with Gasteiger partial charge in [-0.1, -0.05) is 54.2 Å². The van der Waals surface area contributed by atoms with Gasteiger partial charge in [-0.3, -0.25) is 10.1 Å². The Bertz CT molecular complexity index is 1240. The summed E-state index contributed by atoms with van der Waals surface area (Å²) in [6.45, 7) is 0.660. The van der Waals surface area contributed by atoms with Gasteiger partial charge in [0.1, 0.15) is 11.6 Å². The van der Waals surface area contributed by atoms with E-state index in [2.05, 4.69) is 20.8 Å². The highest BCUT2D eigenvalue weighted by molar-refractivity contribution is 7.99. The maximum absolute atomic E-state index is 14.5. The van der Waals surface area contributed by atoms with Gasteiger partial charge in [-0.15, -0.1) is 10.2 Å². The lowest BCUT2D eigenvalue weighted by atomic mass is 10.1. The van der Waals surface area contributed by atoms with E-state index >= 15 is 0 Å². The fraction of sp³-hybridized carbons (Fsp3) is 0.167. The average Bonchev–Trinajstić information content (AvgIpc) is 3.51. The fourth-order valence-electron chi connectivity index (χ4n) is 3.24. The van der Waals surface area contributed by atoms with E-state index in [0.717, 1.165) is 17.3 Å². The summed E-state index contributed by atoms with van der Waals surface area (Å²) in [7, 11) is 0. The van der Waals surface area contributed by atoms with Gasteiger partial charge in [0, 0.05) is 6.54 Å². The number of carbonyl (C=O) groups is 2. The molecule has 0 aliphatic heterocycles. The number of rotatable bonds is 9. The monoisotopic (exact) mass is 479 g/mol.